The van der Waals surface area contributed by atoms with Crippen molar-refractivity contribution in [2.24, 2.45) is 40.4 Å². The summed E-state index contributed by atoms with van der Waals surface area (Å²) in [4.78, 5) is 0. The molecular weight excluding hydrogens is 800 g/mol. The molecule has 8 fully saturated rings. The van der Waals surface area contributed by atoms with Gasteiger partial charge in [0.05, 0.1) is 43.7 Å². The van der Waals surface area contributed by atoms with E-state index >= 15 is 0 Å². The maximum Gasteiger partial charge on any atom is 0.187 e. The molecule has 0 bridgehead atoms. The number of allylic oxidation sites excluding steroid dienone is 1. The summed E-state index contributed by atoms with van der Waals surface area (Å²) < 4.78 is 49.5. The lowest BCUT2D eigenvalue weighted by Crippen LogP contribution is -2.66. The van der Waals surface area contributed by atoms with Crippen molar-refractivity contribution >= 4 is 0 Å². The molecule has 5 heterocycles. The number of hydrogen-bond donors (Lipinski definition) is 9. The third kappa shape index (κ3) is 7.14. The highest BCUT2D eigenvalue weighted by molar-refractivity contribution is 5.29. The van der Waals surface area contributed by atoms with Crippen LogP contribution in [0.5, 0.6) is 0 Å². The Morgan fingerprint density at radius 3 is 2.20 bits per heavy atom. The minimum Gasteiger partial charge on any atom is -0.394 e. The zero-order valence-electron chi connectivity index (χ0n) is 36.0. The highest BCUT2D eigenvalue weighted by Crippen LogP contribution is 2.72. The van der Waals surface area contributed by atoms with Crippen molar-refractivity contribution in [2.45, 2.75) is 202 Å². The maximum absolute atomic E-state index is 13.0. The van der Waals surface area contributed by atoms with Crippen LogP contribution in [0.4, 0.5) is 0 Å². The van der Waals surface area contributed by atoms with Crippen LogP contribution in [0.3, 0.4) is 0 Å². The first-order valence-corrected chi connectivity index (χ1v) is 22.9. The highest BCUT2D eigenvalue weighted by atomic mass is 16.8. The van der Waals surface area contributed by atoms with E-state index in [-0.39, 0.29) is 47.2 Å². The molecule has 9 N–H and O–H groups in total. The van der Waals surface area contributed by atoms with E-state index in [4.69, 9.17) is 37.9 Å². The Labute approximate surface area is 357 Å². The standard InChI is InChI=1S/C44H70O17/c1-19-8-13-44(55-17-19)20(2)29-27(61-44)15-43(53)25-7-6-22-14-23(9-11-41(22,4)24(25)10-12-42(29,43)5)57-40-37(60-39-34(51)32(49)30(47)21(3)56-39)35(52)36(28(16-45)58-40)59-38-33(50)31(48)26(46)18-54-38/h6,19-21,23-40,45-53H,7-18H2,1-5H3. The van der Waals surface area contributed by atoms with Crippen LogP contribution >= 0.6 is 0 Å². The van der Waals surface area contributed by atoms with Gasteiger partial charge in [-0.3, -0.25) is 0 Å². The van der Waals surface area contributed by atoms with Crippen LogP contribution < -0.4 is 0 Å². The molecule has 17 nitrogen and oxygen atoms in total. The fourth-order valence-corrected chi connectivity index (χ4v) is 13.7. The predicted molar refractivity (Wildman–Crippen MR) is 210 cm³/mol. The van der Waals surface area contributed by atoms with Gasteiger partial charge in [0, 0.05) is 30.1 Å². The van der Waals surface area contributed by atoms with Crippen LogP contribution in [0.15, 0.2) is 11.6 Å². The fraction of sp³-hybridized carbons (Fsp3) is 0.955. The zero-order chi connectivity index (χ0) is 43.6. The predicted octanol–water partition coefficient (Wildman–Crippen LogP) is -0.0319. The second-order valence-electron chi connectivity index (χ2n) is 20.8. The molecule has 0 aromatic carbocycles. The molecule has 17 heteroatoms. The van der Waals surface area contributed by atoms with Crippen LogP contribution in [-0.4, -0.2) is 175 Å². The summed E-state index contributed by atoms with van der Waals surface area (Å²) in [6.45, 7) is 10.3. The van der Waals surface area contributed by atoms with Crippen molar-refractivity contribution in [2.75, 3.05) is 19.8 Å². The smallest absolute Gasteiger partial charge is 0.187 e. The number of aliphatic hydroxyl groups excluding tert-OH is 8. The lowest BCUT2D eigenvalue weighted by molar-refractivity contribution is -0.385. The first-order chi connectivity index (χ1) is 28.9. The first-order valence-electron chi connectivity index (χ1n) is 22.9. The molecule has 0 aromatic heterocycles. The summed E-state index contributed by atoms with van der Waals surface area (Å²) in [6, 6.07) is 0. The minimum absolute atomic E-state index is 0.0513. The molecule has 4 aliphatic carbocycles. The molecule has 61 heavy (non-hydrogen) atoms. The Morgan fingerprint density at radius 2 is 1.48 bits per heavy atom. The quantitative estimate of drug-likeness (QED) is 0.152. The number of aliphatic hydroxyl groups is 9. The number of ether oxygens (including phenoxy) is 8. The molecule has 5 saturated heterocycles. The van der Waals surface area contributed by atoms with Gasteiger partial charge in [-0.1, -0.05) is 39.3 Å². The second-order valence-corrected chi connectivity index (χ2v) is 20.8. The summed E-state index contributed by atoms with van der Waals surface area (Å²) in [5, 5.41) is 98.1. The van der Waals surface area contributed by atoms with E-state index in [0.717, 1.165) is 38.5 Å². The van der Waals surface area contributed by atoms with Gasteiger partial charge in [0.25, 0.3) is 0 Å². The van der Waals surface area contributed by atoms with Crippen LogP contribution in [0.1, 0.15) is 92.4 Å². The van der Waals surface area contributed by atoms with Crippen molar-refractivity contribution in [1.82, 2.24) is 0 Å². The Kier molecular flexibility index (Phi) is 12.2. The van der Waals surface area contributed by atoms with Crippen LogP contribution in [-0.2, 0) is 37.9 Å². The van der Waals surface area contributed by atoms with Gasteiger partial charge in [0.2, 0.25) is 0 Å². The summed E-state index contributed by atoms with van der Waals surface area (Å²) >= 11 is 0. The van der Waals surface area contributed by atoms with Gasteiger partial charge < -0.3 is 83.9 Å². The summed E-state index contributed by atoms with van der Waals surface area (Å²) in [6.07, 6.45) is -11.8. The molecule has 348 valence electrons. The number of fused-ring (bicyclic) bond motifs is 7. The Balaban J connectivity index is 0.925. The molecule has 5 aliphatic heterocycles. The van der Waals surface area contributed by atoms with Gasteiger partial charge in [-0.05, 0) is 75.0 Å². The van der Waals surface area contributed by atoms with Gasteiger partial charge in [-0.25, -0.2) is 0 Å². The average Bonchev–Trinajstić information content (AvgIpc) is 3.63. The third-order valence-electron chi connectivity index (χ3n) is 17.5. The second kappa shape index (κ2) is 16.4. The minimum atomic E-state index is -1.73. The topological polar surface area (TPSA) is 256 Å². The summed E-state index contributed by atoms with van der Waals surface area (Å²) in [7, 11) is 0. The molecule has 9 aliphatic rings. The van der Waals surface area contributed by atoms with E-state index in [1.54, 1.807) is 0 Å². The van der Waals surface area contributed by atoms with Gasteiger partial charge >= 0.3 is 0 Å². The van der Waals surface area contributed by atoms with Crippen LogP contribution in [0.25, 0.3) is 0 Å². The average molecular weight is 871 g/mol. The van der Waals surface area contributed by atoms with Crippen molar-refractivity contribution in [1.29, 1.82) is 0 Å². The number of hydrogen-bond acceptors (Lipinski definition) is 17. The Hall–Kier alpha value is -0.940. The van der Waals surface area contributed by atoms with E-state index < -0.39 is 110 Å². The molecule has 0 aromatic rings. The van der Waals surface area contributed by atoms with Crippen LogP contribution in [0.2, 0.25) is 0 Å². The van der Waals surface area contributed by atoms with Gasteiger partial charge in [-0.2, -0.15) is 0 Å². The summed E-state index contributed by atoms with van der Waals surface area (Å²) in [5.74, 6) is 0.647. The van der Waals surface area contributed by atoms with Crippen LogP contribution in [0, 0.1) is 40.4 Å². The van der Waals surface area contributed by atoms with Crippen molar-refractivity contribution in [3.63, 3.8) is 0 Å². The zero-order valence-corrected chi connectivity index (χ0v) is 36.0. The monoisotopic (exact) mass is 870 g/mol. The first kappa shape index (κ1) is 45.2. The molecule has 9 rings (SSSR count). The highest BCUT2D eigenvalue weighted by Gasteiger charge is 2.74. The Bertz CT molecular complexity index is 1610. The van der Waals surface area contributed by atoms with Gasteiger partial charge in [0.15, 0.2) is 24.7 Å². The van der Waals surface area contributed by atoms with E-state index in [0.29, 0.717) is 31.8 Å². The van der Waals surface area contributed by atoms with E-state index in [9.17, 15) is 46.0 Å². The van der Waals surface area contributed by atoms with Crippen molar-refractivity contribution < 1.29 is 83.9 Å². The molecule has 0 amide bonds. The lowest BCUT2D eigenvalue weighted by Gasteiger charge is -2.62. The number of rotatable bonds is 7. The normalized spacial score (nSPS) is 58.4. The molecule has 1 spiro atoms. The largest absolute Gasteiger partial charge is 0.394 e. The fourth-order valence-electron chi connectivity index (χ4n) is 13.7. The molecule has 25 atom stereocenters. The van der Waals surface area contributed by atoms with Gasteiger partial charge in [-0.15, -0.1) is 0 Å². The Morgan fingerprint density at radius 1 is 0.738 bits per heavy atom. The molecule has 25 unspecified atom stereocenters. The molecular formula is C44H70O17. The van der Waals surface area contributed by atoms with E-state index in [2.05, 4.69) is 33.8 Å². The maximum atomic E-state index is 13.0. The van der Waals surface area contributed by atoms with Crippen molar-refractivity contribution in [3.8, 4) is 0 Å². The lowest BCUT2D eigenvalue weighted by atomic mass is 9.45. The van der Waals surface area contributed by atoms with E-state index in [1.165, 1.54) is 12.5 Å². The molecule has 3 saturated carbocycles. The molecule has 0 radical (unpaired) electrons. The third-order valence-corrected chi connectivity index (χ3v) is 17.5. The van der Waals surface area contributed by atoms with E-state index in [1.807, 2.05) is 0 Å². The van der Waals surface area contributed by atoms with Crippen molar-refractivity contribution in [3.05, 3.63) is 11.6 Å². The summed E-state index contributed by atoms with van der Waals surface area (Å²) in [5.41, 5.74) is -0.160. The SMILES string of the molecule is CC1CCC2(OC1)OC1CC3(O)C4CC=C5CC(OC6OC(CO)C(OC7OCC(O)C(O)C7O)C(O)C6OC6OC(C)C(O)C(O)C6O)CCC5(C)C4CCC3(C)C1C2C. The van der Waals surface area contributed by atoms with Gasteiger partial charge in [0.1, 0.15) is 61.0 Å².